The summed E-state index contributed by atoms with van der Waals surface area (Å²) in [4.78, 5) is 31.9. The Morgan fingerprint density at radius 1 is 1.00 bits per heavy atom. The molecule has 0 aliphatic heterocycles. The van der Waals surface area contributed by atoms with Crippen molar-refractivity contribution in [2.45, 2.75) is 27.3 Å². The van der Waals surface area contributed by atoms with Gasteiger partial charge in [-0.15, -0.1) is 0 Å². The molecule has 2 heterocycles. The third kappa shape index (κ3) is 2.83. The summed E-state index contributed by atoms with van der Waals surface area (Å²) in [7, 11) is 3.16. The number of rotatable bonds is 5. The van der Waals surface area contributed by atoms with Gasteiger partial charge in [0.15, 0.2) is 11.2 Å². The fourth-order valence-electron chi connectivity index (χ4n) is 3.21. The zero-order valence-electron chi connectivity index (χ0n) is 16.0. The molecule has 7 nitrogen and oxygen atoms in total. The van der Waals surface area contributed by atoms with E-state index in [1.165, 1.54) is 17.2 Å². The molecular weight excluding hydrogens is 330 g/mol. The lowest BCUT2D eigenvalue weighted by atomic mass is 10.1. The van der Waals surface area contributed by atoms with Gasteiger partial charge >= 0.3 is 5.69 Å². The van der Waals surface area contributed by atoms with E-state index >= 15 is 0 Å². The van der Waals surface area contributed by atoms with Crippen molar-refractivity contribution < 1.29 is 0 Å². The van der Waals surface area contributed by atoms with E-state index in [1.807, 2.05) is 11.5 Å². The average molecular weight is 355 g/mol. The van der Waals surface area contributed by atoms with Crippen LogP contribution in [0, 0.1) is 6.92 Å². The van der Waals surface area contributed by atoms with E-state index in [9.17, 15) is 9.59 Å². The van der Waals surface area contributed by atoms with Gasteiger partial charge in [0.05, 0.1) is 6.54 Å². The fraction of sp³-hybridized carbons (Fsp3) is 0.421. The number of aryl methyl sites for hydroxylation is 2. The summed E-state index contributed by atoms with van der Waals surface area (Å²) in [6, 6.07) is 8.22. The standard InChI is InChI=1S/C19H25N5O2/c1-6-23(7-2)18-20-16-15(17(25)22(5)19(26)21(16)4)24(18)12-14-10-8-13(3)9-11-14/h8-11H,6-7,12H2,1-5H3. The molecular formula is C19H25N5O2. The topological polar surface area (TPSA) is 65.1 Å². The zero-order chi connectivity index (χ0) is 19.0. The maximum absolute atomic E-state index is 12.8. The summed E-state index contributed by atoms with van der Waals surface area (Å²) in [5.41, 5.74) is 2.46. The van der Waals surface area contributed by atoms with Crippen LogP contribution in [0.25, 0.3) is 11.2 Å². The molecule has 1 aromatic carbocycles. The first-order valence-electron chi connectivity index (χ1n) is 8.85. The highest BCUT2D eigenvalue weighted by molar-refractivity contribution is 5.74. The zero-order valence-corrected chi connectivity index (χ0v) is 16.0. The molecule has 0 unspecified atom stereocenters. The third-order valence-corrected chi connectivity index (χ3v) is 4.84. The predicted molar refractivity (Wildman–Crippen MR) is 104 cm³/mol. The molecule has 0 bridgehead atoms. The molecule has 138 valence electrons. The van der Waals surface area contributed by atoms with Crippen LogP contribution < -0.4 is 16.1 Å². The van der Waals surface area contributed by atoms with Crippen molar-refractivity contribution in [3.05, 3.63) is 56.2 Å². The van der Waals surface area contributed by atoms with Crippen molar-refractivity contribution in [1.29, 1.82) is 0 Å². The van der Waals surface area contributed by atoms with Crippen LogP contribution in [0.4, 0.5) is 5.95 Å². The molecule has 0 atom stereocenters. The maximum atomic E-state index is 12.8. The van der Waals surface area contributed by atoms with Crippen LogP contribution in [0.15, 0.2) is 33.9 Å². The fourth-order valence-corrected chi connectivity index (χ4v) is 3.21. The molecule has 0 radical (unpaired) electrons. The Hall–Kier alpha value is -2.83. The lowest BCUT2D eigenvalue weighted by Gasteiger charge is -2.21. The minimum absolute atomic E-state index is 0.318. The number of nitrogens with zero attached hydrogens (tertiary/aromatic N) is 5. The first-order valence-corrected chi connectivity index (χ1v) is 8.85. The van der Waals surface area contributed by atoms with Crippen molar-refractivity contribution >= 4 is 17.1 Å². The van der Waals surface area contributed by atoms with Gasteiger partial charge in [0, 0.05) is 27.2 Å². The van der Waals surface area contributed by atoms with Gasteiger partial charge in [-0.2, -0.15) is 4.98 Å². The van der Waals surface area contributed by atoms with Gasteiger partial charge in [-0.3, -0.25) is 18.5 Å². The molecule has 0 saturated heterocycles. The van der Waals surface area contributed by atoms with Crippen molar-refractivity contribution in [2.75, 3.05) is 18.0 Å². The Bertz CT molecular complexity index is 1050. The first-order chi connectivity index (χ1) is 12.4. The number of hydrogen-bond donors (Lipinski definition) is 0. The number of hydrogen-bond acceptors (Lipinski definition) is 4. The van der Waals surface area contributed by atoms with Crippen LogP contribution in [-0.4, -0.2) is 31.8 Å². The Balaban J connectivity index is 2.33. The summed E-state index contributed by atoms with van der Waals surface area (Å²) in [6.45, 7) is 8.20. The highest BCUT2D eigenvalue weighted by Gasteiger charge is 2.21. The van der Waals surface area contributed by atoms with E-state index in [2.05, 4.69) is 48.0 Å². The van der Waals surface area contributed by atoms with E-state index in [0.29, 0.717) is 23.7 Å². The highest BCUT2D eigenvalue weighted by atomic mass is 16.2. The van der Waals surface area contributed by atoms with Crippen molar-refractivity contribution in [3.8, 4) is 0 Å². The smallest absolute Gasteiger partial charge is 0.332 e. The lowest BCUT2D eigenvalue weighted by Crippen LogP contribution is -2.37. The Kier molecular flexibility index (Phi) is 4.71. The molecule has 0 spiro atoms. The average Bonchev–Trinajstić information content (AvgIpc) is 3.00. The van der Waals surface area contributed by atoms with E-state index < -0.39 is 0 Å². The maximum Gasteiger partial charge on any atom is 0.332 e. The van der Waals surface area contributed by atoms with Crippen LogP contribution in [-0.2, 0) is 20.6 Å². The van der Waals surface area contributed by atoms with Crippen molar-refractivity contribution in [3.63, 3.8) is 0 Å². The summed E-state index contributed by atoms with van der Waals surface area (Å²) >= 11 is 0. The van der Waals surface area contributed by atoms with Gasteiger partial charge in [-0.05, 0) is 26.3 Å². The molecule has 3 aromatic rings. The highest BCUT2D eigenvalue weighted by Crippen LogP contribution is 2.21. The summed E-state index contributed by atoms with van der Waals surface area (Å²) < 4.78 is 4.51. The molecule has 26 heavy (non-hydrogen) atoms. The van der Waals surface area contributed by atoms with Crippen LogP contribution in [0.5, 0.6) is 0 Å². The summed E-state index contributed by atoms with van der Waals surface area (Å²) in [6.07, 6.45) is 0. The molecule has 3 rings (SSSR count). The minimum atomic E-state index is -0.367. The monoisotopic (exact) mass is 355 g/mol. The molecule has 0 fully saturated rings. The lowest BCUT2D eigenvalue weighted by molar-refractivity contribution is 0.700. The first kappa shape index (κ1) is 18.0. The molecule has 0 N–H and O–H groups in total. The second kappa shape index (κ2) is 6.82. The van der Waals surface area contributed by atoms with Crippen LogP contribution in [0.1, 0.15) is 25.0 Å². The van der Waals surface area contributed by atoms with E-state index in [-0.39, 0.29) is 11.2 Å². The minimum Gasteiger partial charge on any atom is -0.343 e. The van der Waals surface area contributed by atoms with Gasteiger partial charge in [0.2, 0.25) is 5.95 Å². The Morgan fingerprint density at radius 2 is 1.62 bits per heavy atom. The van der Waals surface area contributed by atoms with Crippen molar-refractivity contribution in [1.82, 2.24) is 18.7 Å². The van der Waals surface area contributed by atoms with Gasteiger partial charge in [0.1, 0.15) is 0 Å². The Morgan fingerprint density at radius 3 is 2.19 bits per heavy atom. The van der Waals surface area contributed by atoms with Crippen LogP contribution >= 0.6 is 0 Å². The number of benzene rings is 1. The van der Waals surface area contributed by atoms with E-state index in [4.69, 9.17) is 0 Å². The van der Waals surface area contributed by atoms with Crippen LogP contribution in [0.2, 0.25) is 0 Å². The molecule has 2 aromatic heterocycles. The SMILES string of the molecule is CCN(CC)c1nc2c(c(=O)n(C)c(=O)n2C)n1Cc1ccc(C)cc1. The predicted octanol–water partition coefficient (Wildman–Crippen LogP) is 1.64. The molecule has 0 aliphatic carbocycles. The third-order valence-electron chi connectivity index (χ3n) is 4.84. The molecule has 0 saturated carbocycles. The van der Waals surface area contributed by atoms with Gasteiger partial charge < -0.3 is 4.90 Å². The number of imidazole rings is 1. The Labute approximate surface area is 152 Å². The van der Waals surface area contributed by atoms with Crippen LogP contribution in [0.3, 0.4) is 0 Å². The van der Waals surface area contributed by atoms with Gasteiger partial charge in [-0.1, -0.05) is 29.8 Å². The molecule has 7 heteroatoms. The van der Waals surface area contributed by atoms with E-state index in [1.54, 1.807) is 7.05 Å². The summed E-state index contributed by atoms with van der Waals surface area (Å²) in [5, 5.41) is 0. The second-order valence-corrected chi connectivity index (χ2v) is 6.53. The second-order valence-electron chi connectivity index (χ2n) is 6.53. The van der Waals surface area contributed by atoms with Gasteiger partial charge in [0.25, 0.3) is 5.56 Å². The normalized spacial score (nSPS) is 11.3. The quantitative estimate of drug-likeness (QED) is 0.698. The van der Waals surface area contributed by atoms with Crippen molar-refractivity contribution in [2.24, 2.45) is 14.1 Å². The number of aromatic nitrogens is 4. The van der Waals surface area contributed by atoms with Gasteiger partial charge in [-0.25, -0.2) is 4.79 Å². The number of anilines is 1. The summed E-state index contributed by atoms with van der Waals surface area (Å²) in [5.74, 6) is 0.712. The molecule has 0 aliphatic rings. The number of fused-ring (bicyclic) bond motifs is 1. The largest absolute Gasteiger partial charge is 0.343 e. The van der Waals surface area contributed by atoms with E-state index in [0.717, 1.165) is 23.2 Å². The molecule has 0 amide bonds.